The molecule has 3 aromatic heterocycles. The second-order valence-corrected chi connectivity index (χ2v) is 8.98. The summed E-state index contributed by atoms with van der Waals surface area (Å²) in [6.07, 6.45) is 4.40. The number of hydrogen-bond donors (Lipinski definition) is 1. The number of aromatic nitrogens is 1. The van der Waals surface area contributed by atoms with Crippen LogP contribution in [0, 0.1) is 0 Å². The zero-order chi connectivity index (χ0) is 18.4. The van der Waals surface area contributed by atoms with Crippen LogP contribution in [-0.2, 0) is 17.6 Å². The number of nitrogen functional groups attached to an aromatic ring is 1. The molecule has 0 atom stereocenters. The van der Waals surface area contributed by atoms with Crippen molar-refractivity contribution in [2.75, 3.05) is 32.0 Å². The summed E-state index contributed by atoms with van der Waals surface area (Å²) >= 11 is 3.17. The molecule has 1 fully saturated rings. The van der Waals surface area contributed by atoms with Crippen molar-refractivity contribution in [1.82, 2.24) is 9.88 Å². The lowest BCUT2D eigenvalue weighted by Crippen LogP contribution is -2.40. The van der Waals surface area contributed by atoms with E-state index >= 15 is 0 Å². The van der Waals surface area contributed by atoms with Gasteiger partial charge in [0.15, 0.2) is 0 Å². The third-order valence-electron chi connectivity index (χ3n) is 5.44. The zero-order valence-electron chi connectivity index (χ0n) is 15.0. The summed E-state index contributed by atoms with van der Waals surface area (Å²) in [5, 5.41) is 3.11. The molecular formula is C20H21N3O2S2. The van der Waals surface area contributed by atoms with E-state index in [2.05, 4.69) is 17.5 Å². The number of nitrogens with zero attached hydrogens (tertiary/aromatic N) is 2. The molecule has 5 nitrogen and oxygen atoms in total. The van der Waals surface area contributed by atoms with Gasteiger partial charge in [0.1, 0.15) is 9.71 Å². The van der Waals surface area contributed by atoms with E-state index in [1.54, 1.807) is 11.3 Å². The summed E-state index contributed by atoms with van der Waals surface area (Å²) < 4.78 is 5.37. The predicted octanol–water partition coefficient (Wildman–Crippen LogP) is 3.96. The minimum Gasteiger partial charge on any atom is -0.397 e. The van der Waals surface area contributed by atoms with Gasteiger partial charge < -0.3 is 15.4 Å². The minimum absolute atomic E-state index is 0.0148. The number of fused-ring (bicyclic) bond motifs is 3. The van der Waals surface area contributed by atoms with E-state index in [1.165, 1.54) is 33.8 Å². The Kier molecular flexibility index (Phi) is 4.38. The molecule has 5 rings (SSSR count). The molecule has 0 saturated carbocycles. The Bertz CT molecular complexity index is 1000. The number of amides is 1. The average molecular weight is 400 g/mol. The van der Waals surface area contributed by atoms with Crippen LogP contribution in [0.1, 0.15) is 33.6 Å². The molecule has 3 aromatic rings. The van der Waals surface area contributed by atoms with Crippen molar-refractivity contribution in [3.05, 3.63) is 33.5 Å². The smallest absolute Gasteiger partial charge is 0.266 e. The Morgan fingerprint density at radius 1 is 1.19 bits per heavy atom. The zero-order valence-corrected chi connectivity index (χ0v) is 16.6. The second-order valence-electron chi connectivity index (χ2n) is 7.03. The van der Waals surface area contributed by atoms with Crippen LogP contribution in [0.5, 0.6) is 0 Å². The summed E-state index contributed by atoms with van der Waals surface area (Å²) in [6.45, 7) is 2.43. The van der Waals surface area contributed by atoms with Crippen molar-refractivity contribution < 1.29 is 9.53 Å². The van der Waals surface area contributed by atoms with Crippen LogP contribution in [0.2, 0.25) is 0 Å². The van der Waals surface area contributed by atoms with E-state index in [4.69, 9.17) is 15.5 Å². The standard InChI is InChI=1S/C20H21N3O2S2/c21-16-15-12-4-1-2-5-13(12)17(14-6-3-11-26-14)22-19(15)27-18(16)20(24)23-7-9-25-10-8-23/h3,6,11H,1-2,4-5,7-10,21H2. The molecule has 1 saturated heterocycles. The van der Waals surface area contributed by atoms with Crippen LogP contribution in [0.25, 0.3) is 20.8 Å². The van der Waals surface area contributed by atoms with Crippen molar-refractivity contribution >= 4 is 44.5 Å². The van der Waals surface area contributed by atoms with Gasteiger partial charge in [-0.05, 0) is 48.3 Å². The van der Waals surface area contributed by atoms with E-state index in [0.717, 1.165) is 35.2 Å². The molecule has 2 aliphatic rings. The van der Waals surface area contributed by atoms with Crippen LogP contribution in [0.4, 0.5) is 5.69 Å². The summed E-state index contributed by atoms with van der Waals surface area (Å²) in [4.78, 5) is 22.6. The molecule has 4 heterocycles. The number of nitrogens with two attached hydrogens (primary N) is 1. The maximum Gasteiger partial charge on any atom is 0.266 e. The molecule has 0 aromatic carbocycles. The SMILES string of the molecule is Nc1c(C(=O)N2CCOCC2)sc2nc(-c3cccs3)c3c(c12)CCCC3. The molecule has 0 bridgehead atoms. The van der Waals surface area contributed by atoms with Crippen LogP contribution in [0.15, 0.2) is 17.5 Å². The highest BCUT2D eigenvalue weighted by Crippen LogP contribution is 2.43. The van der Waals surface area contributed by atoms with Gasteiger partial charge in [-0.25, -0.2) is 4.98 Å². The van der Waals surface area contributed by atoms with Gasteiger partial charge in [-0.3, -0.25) is 4.79 Å². The van der Waals surface area contributed by atoms with Crippen LogP contribution >= 0.6 is 22.7 Å². The molecule has 0 unspecified atom stereocenters. The number of pyridine rings is 1. The molecule has 0 radical (unpaired) electrons. The fourth-order valence-corrected chi connectivity index (χ4v) is 5.93. The van der Waals surface area contributed by atoms with Gasteiger partial charge in [-0.2, -0.15) is 0 Å². The Labute approximate surface area is 165 Å². The fraction of sp³-hybridized carbons (Fsp3) is 0.400. The maximum atomic E-state index is 13.0. The molecular weight excluding hydrogens is 378 g/mol. The fourth-order valence-electron chi connectivity index (χ4n) is 4.10. The van der Waals surface area contributed by atoms with Crippen LogP contribution in [-0.4, -0.2) is 42.1 Å². The van der Waals surface area contributed by atoms with Crippen molar-refractivity contribution in [2.24, 2.45) is 0 Å². The molecule has 140 valence electrons. The quantitative estimate of drug-likeness (QED) is 0.708. The van der Waals surface area contributed by atoms with Crippen molar-refractivity contribution in [3.8, 4) is 10.6 Å². The highest BCUT2D eigenvalue weighted by Gasteiger charge is 2.28. The van der Waals surface area contributed by atoms with Crippen molar-refractivity contribution in [3.63, 3.8) is 0 Å². The van der Waals surface area contributed by atoms with Gasteiger partial charge >= 0.3 is 0 Å². The first kappa shape index (κ1) is 17.2. The van der Waals surface area contributed by atoms with Gasteiger partial charge in [-0.15, -0.1) is 22.7 Å². The molecule has 2 N–H and O–H groups in total. The Hall–Kier alpha value is -1.96. The summed E-state index contributed by atoms with van der Waals surface area (Å²) in [5.41, 5.74) is 10.9. The van der Waals surface area contributed by atoms with Crippen molar-refractivity contribution in [2.45, 2.75) is 25.7 Å². The lowest BCUT2D eigenvalue weighted by Gasteiger charge is -2.26. The second kappa shape index (κ2) is 6.89. The van der Waals surface area contributed by atoms with Crippen LogP contribution in [0.3, 0.4) is 0 Å². The van der Waals surface area contributed by atoms with Gasteiger partial charge in [0.2, 0.25) is 0 Å². The molecule has 1 amide bonds. The van der Waals surface area contributed by atoms with E-state index < -0.39 is 0 Å². The minimum atomic E-state index is 0.0148. The molecule has 7 heteroatoms. The summed E-state index contributed by atoms with van der Waals surface area (Å²) in [7, 11) is 0. The number of thiophene rings is 2. The largest absolute Gasteiger partial charge is 0.397 e. The van der Waals surface area contributed by atoms with Crippen LogP contribution < -0.4 is 5.73 Å². The monoisotopic (exact) mass is 399 g/mol. The van der Waals surface area contributed by atoms with Crippen molar-refractivity contribution in [1.29, 1.82) is 0 Å². The van der Waals surface area contributed by atoms with E-state index in [-0.39, 0.29) is 5.91 Å². The molecule has 27 heavy (non-hydrogen) atoms. The number of hydrogen-bond acceptors (Lipinski definition) is 6. The van der Waals surface area contributed by atoms with E-state index in [9.17, 15) is 4.79 Å². The van der Waals surface area contributed by atoms with E-state index in [0.29, 0.717) is 36.9 Å². The highest BCUT2D eigenvalue weighted by molar-refractivity contribution is 7.21. The lowest BCUT2D eigenvalue weighted by molar-refractivity contribution is 0.0307. The highest BCUT2D eigenvalue weighted by atomic mass is 32.1. The normalized spacial score (nSPS) is 17.3. The van der Waals surface area contributed by atoms with Gasteiger partial charge in [-0.1, -0.05) is 6.07 Å². The maximum absolute atomic E-state index is 13.0. The number of carbonyl (C=O) groups is 1. The summed E-state index contributed by atoms with van der Waals surface area (Å²) in [6, 6.07) is 4.20. The average Bonchev–Trinajstić information content (AvgIpc) is 3.36. The van der Waals surface area contributed by atoms with Gasteiger partial charge in [0.25, 0.3) is 5.91 Å². The molecule has 1 aliphatic heterocycles. The Morgan fingerprint density at radius 3 is 2.70 bits per heavy atom. The number of ether oxygens (including phenoxy) is 1. The summed E-state index contributed by atoms with van der Waals surface area (Å²) in [5.74, 6) is 0.0148. The molecule has 1 aliphatic carbocycles. The number of rotatable bonds is 2. The number of aryl methyl sites for hydroxylation is 1. The lowest BCUT2D eigenvalue weighted by atomic mass is 9.88. The Balaban J connectivity index is 1.68. The third kappa shape index (κ3) is 2.85. The first-order valence-electron chi connectivity index (χ1n) is 9.38. The first-order valence-corrected chi connectivity index (χ1v) is 11.1. The number of morpholine rings is 1. The number of carbonyl (C=O) groups excluding carboxylic acids is 1. The predicted molar refractivity (Wildman–Crippen MR) is 111 cm³/mol. The first-order chi connectivity index (χ1) is 13.2. The third-order valence-corrected chi connectivity index (χ3v) is 7.41. The van der Waals surface area contributed by atoms with E-state index in [1.807, 2.05) is 4.90 Å². The topological polar surface area (TPSA) is 68.5 Å². The number of anilines is 1. The molecule has 0 spiro atoms. The van der Waals surface area contributed by atoms with Gasteiger partial charge in [0.05, 0.1) is 29.5 Å². The Morgan fingerprint density at radius 2 is 1.96 bits per heavy atom. The van der Waals surface area contributed by atoms with Gasteiger partial charge in [0, 0.05) is 18.5 Å².